The van der Waals surface area contributed by atoms with Gasteiger partial charge in [-0.05, 0) is 46.2 Å². The molecule has 0 aliphatic rings. The van der Waals surface area contributed by atoms with Gasteiger partial charge in [0.25, 0.3) is 0 Å². The Morgan fingerprint density at radius 3 is 2.00 bits per heavy atom. The van der Waals surface area contributed by atoms with Crippen molar-refractivity contribution in [2.45, 2.75) is 0 Å². The van der Waals surface area contributed by atoms with Crippen LogP contribution in [0.4, 0.5) is 0 Å². The summed E-state index contributed by atoms with van der Waals surface area (Å²) < 4.78 is 2.67. The summed E-state index contributed by atoms with van der Waals surface area (Å²) in [5.41, 5.74) is 8.09. The minimum atomic E-state index is 0.893. The number of nitrogens with zero attached hydrogens (tertiary/aromatic N) is 2. The highest BCUT2D eigenvalue weighted by Gasteiger charge is 2.16. The normalized spacial score (nSPS) is 11.7. The standard InChI is InChI=1S/C40H24N2S/c1-2-10-27(11-3-1)37-38(42-39-31-14-5-4-9-25(31)20-22-35(39)41-37)30-13-8-12-28(23-30)29-18-17-26-19-21-33-32-15-6-7-16-36(32)43-40(33)34(26)24-29/h1-24H. The lowest BCUT2D eigenvalue weighted by atomic mass is 9.96. The van der Waals surface area contributed by atoms with Crippen molar-refractivity contribution in [2.75, 3.05) is 0 Å². The summed E-state index contributed by atoms with van der Waals surface area (Å²) >= 11 is 1.88. The quantitative estimate of drug-likeness (QED) is 0.199. The van der Waals surface area contributed by atoms with E-state index in [-0.39, 0.29) is 0 Å². The second kappa shape index (κ2) is 9.59. The fourth-order valence-electron chi connectivity index (χ4n) is 6.32. The smallest absolute Gasteiger partial charge is 0.0973 e. The molecule has 0 amide bonds. The molecule has 200 valence electrons. The molecule has 9 aromatic rings. The summed E-state index contributed by atoms with van der Waals surface area (Å²) in [6.07, 6.45) is 0. The van der Waals surface area contributed by atoms with Crippen LogP contribution in [0.1, 0.15) is 0 Å². The first-order valence-electron chi connectivity index (χ1n) is 14.5. The van der Waals surface area contributed by atoms with E-state index in [0.717, 1.165) is 44.5 Å². The van der Waals surface area contributed by atoms with Gasteiger partial charge in [0.15, 0.2) is 0 Å². The van der Waals surface area contributed by atoms with E-state index in [1.807, 2.05) is 17.4 Å². The van der Waals surface area contributed by atoms with Crippen LogP contribution in [-0.4, -0.2) is 9.97 Å². The van der Waals surface area contributed by atoms with Gasteiger partial charge in [-0.15, -0.1) is 11.3 Å². The second-order valence-electron chi connectivity index (χ2n) is 11.0. The molecule has 0 radical (unpaired) electrons. The van der Waals surface area contributed by atoms with Crippen LogP contribution in [0.15, 0.2) is 146 Å². The number of rotatable bonds is 3. The predicted octanol–water partition coefficient (Wildman–Crippen LogP) is 11.3. The molecule has 0 unspecified atom stereocenters. The average molecular weight is 565 g/mol. The molecule has 2 heterocycles. The van der Waals surface area contributed by atoms with E-state index in [2.05, 4.69) is 140 Å². The molecule has 0 fully saturated rings. The Morgan fingerprint density at radius 1 is 0.395 bits per heavy atom. The zero-order valence-corrected chi connectivity index (χ0v) is 24.0. The van der Waals surface area contributed by atoms with Gasteiger partial charge in [-0.1, -0.05) is 121 Å². The molecule has 0 aliphatic carbocycles. The molecule has 43 heavy (non-hydrogen) atoms. The molecule has 0 saturated heterocycles. The summed E-state index contributed by atoms with van der Waals surface area (Å²) in [4.78, 5) is 10.5. The molecule has 0 bridgehead atoms. The zero-order valence-electron chi connectivity index (χ0n) is 23.2. The third-order valence-corrected chi connectivity index (χ3v) is 9.66. The van der Waals surface area contributed by atoms with E-state index in [1.54, 1.807) is 0 Å². The molecule has 2 nitrogen and oxygen atoms in total. The maximum absolute atomic E-state index is 5.34. The molecule has 0 saturated carbocycles. The predicted molar refractivity (Wildman–Crippen MR) is 184 cm³/mol. The molecule has 7 aromatic carbocycles. The topological polar surface area (TPSA) is 25.8 Å². The number of hydrogen-bond donors (Lipinski definition) is 0. The van der Waals surface area contributed by atoms with Crippen molar-refractivity contribution >= 4 is 64.1 Å². The Hall–Kier alpha value is -5.38. The van der Waals surface area contributed by atoms with Gasteiger partial charge in [0.05, 0.1) is 22.4 Å². The second-order valence-corrected chi connectivity index (χ2v) is 12.1. The lowest BCUT2D eigenvalue weighted by Crippen LogP contribution is -1.96. The number of aromatic nitrogens is 2. The van der Waals surface area contributed by atoms with Crippen molar-refractivity contribution in [1.29, 1.82) is 0 Å². The molecule has 9 rings (SSSR count). The largest absolute Gasteiger partial charge is 0.244 e. The van der Waals surface area contributed by atoms with Crippen LogP contribution in [0, 0.1) is 0 Å². The highest BCUT2D eigenvalue weighted by molar-refractivity contribution is 7.26. The first-order chi connectivity index (χ1) is 21.3. The number of thiophene rings is 1. The van der Waals surface area contributed by atoms with E-state index in [4.69, 9.17) is 9.97 Å². The van der Waals surface area contributed by atoms with Crippen LogP contribution >= 0.6 is 11.3 Å². The maximum Gasteiger partial charge on any atom is 0.0973 e. The van der Waals surface area contributed by atoms with Crippen molar-refractivity contribution < 1.29 is 0 Å². The Balaban J connectivity index is 1.26. The molecule has 2 aromatic heterocycles. The Labute approximate surface area is 252 Å². The van der Waals surface area contributed by atoms with Gasteiger partial charge in [-0.3, -0.25) is 0 Å². The van der Waals surface area contributed by atoms with Gasteiger partial charge >= 0.3 is 0 Å². The van der Waals surface area contributed by atoms with E-state index in [0.29, 0.717) is 0 Å². The molecular formula is C40H24N2S. The third-order valence-electron chi connectivity index (χ3n) is 8.44. The van der Waals surface area contributed by atoms with Crippen LogP contribution in [0.25, 0.3) is 86.4 Å². The highest BCUT2D eigenvalue weighted by atomic mass is 32.1. The Kier molecular flexibility index (Phi) is 5.40. The number of fused-ring (bicyclic) bond motifs is 8. The Morgan fingerprint density at radius 2 is 1.07 bits per heavy atom. The average Bonchev–Trinajstić information content (AvgIpc) is 3.47. The van der Waals surface area contributed by atoms with Crippen molar-refractivity contribution in [3.05, 3.63) is 146 Å². The lowest BCUT2D eigenvalue weighted by molar-refractivity contribution is 1.30. The molecular weight excluding hydrogens is 541 g/mol. The van der Waals surface area contributed by atoms with Crippen LogP contribution in [0.5, 0.6) is 0 Å². The summed E-state index contributed by atoms with van der Waals surface area (Å²) in [5.74, 6) is 0. The summed E-state index contributed by atoms with van der Waals surface area (Å²) in [6, 6.07) is 51.8. The first kappa shape index (κ1) is 24.2. The van der Waals surface area contributed by atoms with Crippen molar-refractivity contribution in [1.82, 2.24) is 9.97 Å². The number of hydrogen-bond acceptors (Lipinski definition) is 3. The fraction of sp³-hybridized carbons (Fsp3) is 0. The number of benzene rings is 7. The lowest BCUT2D eigenvalue weighted by Gasteiger charge is -2.13. The van der Waals surface area contributed by atoms with Gasteiger partial charge in [0.1, 0.15) is 0 Å². The minimum absolute atomic E-state index is 0.893. The SMILES string of the molecule is c1ccc(-c2nc3ccc4ccccc4c3nc2-c2cccc(-c3ccc4ccc5c6ccccc6sc5c4c3)c2)cc1. The van der Waals surface area contributed by atoms with E-state index in [1.165, 1.54) is 41.9 Å². The minimum Gasteiger partial charge on any atom is -0.244 e. The van der Waals surface area contributed by atoms with Crippen LogP contribution in [-0.2, 0) is 0 Å². The van der Waals surface area contributed by atoms with Crippen LogP contribution < -0.4 is 0 Å². The molecule has 0 spiro atoms. The van der Waals surface area contributed by atoms with E-state index < -0.39 is 0 Å². The third kappa shape index (κ3) is 3.93. The highest BCUT2D eigenvalue weighted by Crippen LogP contribution is 2.40. The zero-order chi connectivity index (χ0) is 28.3. The van der Waals surface area contributed by atoms with Crippen molar-refractivity contribution in [3.63, 3.8) is 0 Å². The van der Waals surface area contributed by atoms with E-state index >= 15 is 0 Å². The van der Waals surface area contributed by atoms with Crippen molar-refractivity contribution in [3.8, 4) is 33.6 Å². The fourth-order valence-corrected chi connectivity index (χ4v) is 7.55. The maximum atomic E-state index is 5.34. The monoisotopic (exact) mass is 564 g/mol. The summed E-state index contributed by atoms with van der Waals surface area (Å²) in [7, 11) is 0. The Bertz CT molecular complexity index is 2510. The van der Waals surface area contributed by atoms with Crippen LogP contribution in [0.3, 0.4) is 0 Å². The van der Waals surface area contributed by atoms with Gasteiger partial charge in [-0.25, -0.2) is 9.97 Å². The van der Waals surface area contributed by atoms with Gasteiger partial charge in [0.2, 0.25) is 0 Å². The molecule has 0 N–H and O–H groups in total. The van der Waals surface area contributed by atoms with Gasteiger partial charge in [0, 0.05) is 42.1 Å². The van der Waals surface area contributed by atoms with E-state index in [9.17, 15) is 0 Å². The first-order valence-corrected chi connectivity index (χ1v) is 15.3. The molecule has 0 aliphatic heterocycles. The molecule has 3 heteroatoms. The molecule has 0 atom stereocenters. The summed E-state index contributed by atoms with van der Waals surface area (Å²) in [6.45, 7) is 0. The summed E-state index contributed by atoms with van der Waals surface area (Å²) in [5, 5.41) is 7.49. The van der Waals surface area contributed by atoms with Gasteiger partial charge in [-0.2, -0.15) is 0 Å². The van der Waals surface area contributed by atoms with Gasteiger partial charge < -0.3 is 0 Å². The van der Waals surface area contributed by atoms with Crippen LogP contribution in [0.2, 0.25) is 0 Å². The van der Waals surface area contributed by atoms with Crippen molar-refractivity contribution in [2.24, 2.45) is 0 Å².